The number of aryl methyl sites for hydroxylation is 1. The van der Waals surface area contributed by atoms with E-state index < -0.39 is 0 Å². The molecule has 1 fully saturated rings. The molecule has 0 aliphatic carbocycles. The number of hydrogen-bond donors (Lipinski definition) is 1. The standard InChI is InChI=1S/C21H22N4O3S/c1-13-19(23-12-27-13)20(26)25-8-6-21(7-9-25)14-11-17(29-16(14)5-10-28-21)15-3-2-4-18(22)24-15/h2-4,11-12H,5-10H2,1H3,(H2,22,24). The molecule has 8 heteroatoms. The number of piperidine rings is 1. The SMILES string of the molecule is Cc1ocnc1C(=O)N1CCC2(CC1)OCCc1sc(-c3cccc(N)n3)cc12. The average Bonchev–Trinajstić information content (AvgIpc) is 3.35. The van der Waals surface area contributed by atoms with E-state index in [2.05, 4.69) is 16.0 Å². The summed E-state index contributed by atoms with van der Waals surface area (Å²) in [6, 6.07) is 7.92. The zero-order valence-electron chi connectivity index (χ0n) is 16.2. The van der Waals surface area contributed by atoms with Crippen LogP contribution in [0.2, 0.25) is 0 Å². The van der Waals surface area contributed by atoms with Crippen molar-refractivity contribution in [2.75, 3.05) is 25.4 Å². The molecule has 1 spiro atoms. The molecule has 29 heavy (non-hydrogen) atoms. The fourth-order valence-electron chi connectivity index (χ4n) is 4.28. The van der Waals surface area contributed by atoms with Crippen LogP contribution < -0.4 is 5.73 Å². The number of fused-ring (bicyclic) bond motifs is 2. The normalized spacial score (nSPS) is 18.0. The van der Waals surface area contributed by atoms with Gasteiger partial charge in [0.2, 0.25) is 0 Å². The second-order valence-corrected chi connectivity index (χ2v) is 8.67. The van der Waals surface area contributed by atoms with Crippen molar-refractivity contribution in [3.05, 3.63) is 52.6 Å². The topological polar surface area (TPSA) is 94.5 Å². The third kappa shape index (κ3) is 3.12. The van der Waals surface area contributed by atoms with Gasteiger partial charge < -0.3 is 19.8 Å². The molecule has 0 saturated carbocycles. The monoisotopic (exact) mass is 410 g/mol. The third-order valence-electron chi connectivity index (χ3n) is 5.84. The number of nitrogens with two attached hydrogens (primary N) is 1. The maximum atomic E-state index is 12.8. The van der Waals surface area contributed by atoms with Gasteiger partial charge in [0.1, 0.15) is 11.6 Å². The summed E-state index contributed by atoms with van der Waals surface area (Å²) in [7, 11) is 0. The lowest BCUT2D eigenvalue weighted by Crippen LogP contribution is -2.48. The number of aromatic nitrogens is 2. The molecule has 2 aliphatic rings. The predicted molar refractivity (Wildman–Crippen MR) is 110 cm³/mol. The Morgan fingerprint density at radius 1 is 1.31 bits per heavy atom. The predicted octanol–water partition coefficient (Wildman–Crippen LogP) is 3.39. The second-order valence-electron chi connectivity index (χ2n) is 7.54. The first kappa shape index (κ1) is 18.3. The fraction of sp³-hybridized carbons (Fsp3) is 0.381. The molecule has 2 aliphatic heterocycles. The summed E-state index contributed by atoms with van der Waals surface area (Å²) in [5, 5.41) is 0. The number of rotatable bonds is 2. The van der Waals surface area contributed by atoms with E-state index in [4.69, 9.17) is 14.9 Å². The lowest BCUT2D eigenvalue weighted by molar-refractivity contribution is -0.0926. The molecule has 1 saturated heterocycles. The third-order valence-corrected chi connectivity index (χ3v) is 7.05. The molecule has 0 aromatic carbocycles. The largest absolute Gasteiger partial charge is 0.448 e. The maximum absolute atomic E-state index is 12.8. The highest BCUT2D eigenvalue weighted by Gasteiger charge is 2.43. The van der Waals surface area contributed by atoms with E-state index in [0.717, 1.165) is 29.8 Å². The first-order valence-electron chi connectivity index (χ1n) is 9.75. The Bertz CT molecular complexity index is 1070. The van der Waals surface area contributed by atoms with Crippen molar-refractivity contribution in [2.45, 2.75) is 31.8 Å². The van der Waals surface area contributed by atoms with Crippen LogP contribution in [0.15, 0.2) is 35.1 Å². The zero-order chi connectivity index (χ0) is 20.0. The highest BCUT2D eigenvalue weighted by atomic mass is 32.1. The van der Waals surface area contributed by atoms with E-state index in [1.165, 1.54) is 16.8 Å². The Balaban J connectivity index is 1.40. The van der Waals surface area contributed by atoms with Gasteiger partial charge in [0, 0.05) is 24.4 Å². The van der Waals surface area contributed by atoms with Crippen LogP contribution in [-0.4, -0.2) is 40.5 Å². The highest BCUT2D eigenvalue weighted by molar-refractivity contribution is 7.15. The van der Waals surface area contributed by atoms with E-state index in [-0.39, 0.29) is 11.5 Å². The van der Waals surface area contributed by atoms with Crippen molar-refractivity contribution in [1.82, 2.24) is 14.9 Å². The molecular weight excluding hydrogens is 388 g/mol. The molecule has 7 nitrogen and oxygen atoms in total. The Hall–Kier alpha value is -2.71. The number of anilines is 1. The number of nitrogens with zero attached hydrogens (tertiary/aromatic N) is 3. The minimum Gasteiger partial charge on any atom is -0.448 e. The van der Waals surface area contributed by atoms with Gasteiger partial charge in [-0.25, -0.2) is 9.97 Å². The Morgan fingerprint density at radius 3 is 2.86 bits per heavy atom. The van der Waals surface area contributed by atoms with Gasteiger partial charge in [-0.2, -0.15) is 0 Å². The van der Waals surface area contributed by atoms with Crippen LogP contribution in [0.1, 0.15) is 39.5 Å². The quantitative estimate of drug-likeness (QED) is 0.696. The van der Waals surface area contributed by atoms with Gasteiger partial charge in [-0.05, 0) is 43.5 Å². The van der Waals surface area contributed by atoms with Gasteiger partial charge in [-0.1, -0.05) is 6.07 Å². The summed E-state index contributed by atoms with van der Waals surface area (Å²) in [4.78, 5) is 25.6. The molecule has 2 N–H and O–H groups in total. The highest BCUT2D eigenvalue weighted by Crippen LogP contribution is 2.46. The number of carbonyl (C=O) groups excluding carboxylic acids is 1. The number of likely N-dealkylation sites (tertiary alicyclic amines) is 1. The molecule has 0 bridgehead atoms. The van der Waals surface area contributed by atoms with Crippen molar-refractivity contribution in [3.63, 3.8) is 0 Å². The van der Waals surface area contributed by atoms with Gasteiger partial charge in [-0.15, -0.1) is 11.3 Å². The minimum absolute atomic E-state index is 0.0721. The number of ether oxygens (including phenoxy) is 1. The molecule has 1 amide bonds. The molecule has 0 radical (unpaired) electrons. The zero-order valence-corrected chi connectivity index (χ0v) is 17.0. The Labute approximate surface area is 172 Å². The van der Waals surface area contributed by atoms with Crippen LogP contribution in [0.25, 0.3) is 10.6 Å². The maximum Gasteiger partial charge on any atom is 0.276 e. The number of amides is 1. The van der Waals surface area contributed by atoms with Crippen LogP contribution >= 0.6 is 11.3 Å². The van der Waals surface area contributed by atoms with Crippen molar-refractivity contribution < 1.29 is 13.9 Å². The summed E-state index contributed by atoms with van der Waals surface area (Å²) in [6.45, 7) is 3.73. The van der Waals surface area contributed by atoms with Gasteiger partial charge in [-0.3, -0.25) is 4.79 Å². The summed E-state index contributed by atoms with van der Waals surface area (Å²) < 4.78 is 11.5. The lowest BCUT2D eigenvalue weighted by atomic mass is 9.82. The van der Waals surface area contributed by atoms with E-state index in [1.807, 2.05) is 17.0 Å². The van der Waals surface area contributed by atoms with Gasteiger partial charge in [0.25, 0.3) is 5.91 Å². The average molecular weight is 410 g/mol. The Morgan fingerprint density at radius 2 is 2.14 bits per heavy atom. The van der Waals surface area contributed by atoms with Crippen molar-refractivity contribution in [2.24, 2.45) is 0 Å². The molecule has 5 heterocycles. The van der Waals surface area contributed by atoms with Crippen LogP contribution in [-0.2, 0) is 16.8 Å². The van der Waals surface area contributed by atoms with E-state index >= 15 is 0 Å². The smallest absolute Gasteiger partial charge is 0.276 e. The molecule has 5 rings (SSSR count). The molecule has 3 aromatic rings. The number of nitrogen functional groups attached to an aromatic ring is 1. The lowest BCUT2D eigenvalue weighted by Gasteiger charge is -2.43. The Kier molecular flexibility index (Phi) is 4.40. The molecular formula is C21H22N4O3S. The van der Waals surface area contributed by atoms with Crippen LogP contribution in [0, 0.1) is 6.92 Å². The van der Waals surface area contributed by atoms with Gasteiger partial charge in [0.05, 0.1) is 22.8 Å². The second kappa shape index (κ2) is 6.96. The van der Waals surface area contributed by atoms with Crippen molar-refractivity contribution >= 4 is 23.1 Å². The summed E-state index contributed by atoms with van der Waals surface area (Å²) in [5.74, 6) is 1.01. The summed E-state index contributed by atoms with van der Waals surface area (Å²) in [6.07, 6.45) is 3.76. The van der Waals surface area contributed by atoms with E-state index in [0.29, 0.717) is 37.0 Å². The number of thiophene rings is 1. The van der Waals surface area contributed by atoms with Crippen LogP contribution in [0.5, 0.6) is 0 Å². The first-order chi connectivity index (χ1) is 14.1. The number of carbonyl (C=O) groups is 1. The summed E-state index contributed by atoms with van der Waals surface area (Å²) >= 11 is 1.77. The molecule has 0 atom stereocenters. The summed E-state index contributed by atoms with van der Waals surface area (Å²) in [5.41, 5.74) is 8.08. The van der Waals surface area contributed by atoms with Crippen molar-refractivity contribution in [3.8, 4) is 10.6 Å². The number of oxazole rings is 1. The molecule has 0 unspecified atom stereocenters. The minimum atomic E-state index is -0.335. The molecule has 150 valence electrons. The number of pyridine rings is 1. The fourth-order valence-corrected chi connectivity index (χ4v) is 5.48. The van der Waals surface area contributed by atoms with Gasteiger partial charge >= 0.3 is 0 Å². The van der Waals surface area contributed by atoms with E-state index in [9.17, 15) is 4.79 Å². The number of hydrogen-bond acceptors (Lipinski definition) is 7. The van der Waals surface area contributed by atoms with Gasteiger partial charge in [0.15, 0.2) is 12.1 Å². The van der Waals surface area contributed by atoms with Crippen LogP contribution in [0.3, 0.4) is 0 Å². The van der Waals surface area contributed by atoms with Crippen LogP contribution in [0.4, 0.5) is 5.82 Å². The van der Waals surface area contributed by atoms with Crippen molar-refractivity contribution in [1.29, 1.82) is 0 Å². The molecule has 3 aromatic heterocycles. The van der Waals surface area contributed by atoms with E-state index in [1.54, 1.807) is 24.3 Å². The first-order valence-corrected chi connectivity index (χ1v) is 10.6.